The molecule has 0 atom stereocenters. The van der Waals surface area contributed by atoms with Crippen LogP contribution >= 0.6 is 0 Å². The van der Waals surface area contributed by atoms with Crippen LogP contribution in [0.2, 0.25) is 0 Å². The van der Waals surface area contributed by atoms with Crippen LogP contribution in [0.1, 0.15) is 36.2 Å². The van der Waals surface area contributed by atoms with Crippen molar-refractivity contribution in [2.24, 2.45) is 5.73 Å². The van der Waals surface area contributed by atoms with E-state index in [9.17, 15) is 0 Å². The Bertz CT molecular complexity index is 555. The van der Waals surface area contributed by atoms with Crippen molar-refractivity contribution in [3.8, 4) is 5.88 Å². The zero-order valence-electron chi connectivity index (χ0n) is 12.1. The summed E-state index contributed by atoms with van der Waals surface area (Å²) in [5, 5.41) is 8.45. The molecule has 0 aliphatic heterocycles. The third-order valence-electron chi connectivity index (χ3n) is 3.34. The molecular weight excluding hydrogens is 250 g/mol. The molecule has 0 aliphatic rings. The van der Waals surface area contributed by atoms with E-state index in [0.717, 1.165) is 29.7 Å². The summed E-state index contributed by atoms with van der Waals surface area (Å²) in [7, 11) is 0. The van der Waals surface area contributed by atoms with E-state index in [2.05, 4.69) is 24.0 Å². The van der Waals surface area contributed by atoms with Gasteiger partial charge in [-0.2, -0.15) is 5.10 Å². The first kappa shape index (κ1) is 14.5. The number of aromatic nitrogens is 2. The third-order valence-corrected chi connectivity index (χ3v) is 3.34. The van der Waals surface area contributed by atoms with Crippen molar-refractivity contribution in [3.63, 3.8) is 0 Å². The molecule has 0 aliphatic carbocycles. The number of aryl methyl sites for hydroxylation is 1. The van der Waals surface area contributed by atoms with E-state index >= 15 is 0 Å². The maximum Gasteiger partial charge on any atom is 0.238 e. The van der Waals surface area contributed by atoms with Gasteiger partial charge in [0.2, 0.25) is 5.88 Å². The first-order valence-corrected chi connectivity index (χ1v) is 7.04. The Labute approximate surface area is 120 Å². The molecule has 1 aromatic carbocycles. The topological polar surface area (TPSA) is 61.0 Å². The fraction of sp³-hybridized carbons (Fsp3) is 0.375. The molecule has 2 N–H and O–H groups in total. The second-order valence-corrected chi connectivity index (χ2v) is 4.59. The summed E-state index contributed by atoms with van der Waals surface area (Å²) in [5.74, 6) is 0.561. The Hall–Kier alpha value is -1.94. The molecule has 2 aromatic rings. The summed E-state index contributed by atoms with van der Waals surface area (Å²) >= 11 is 0. The molecule has 0 fully saturated rings. The molecule has 0 spiro atoms. The fourth-order valence-corrected chi connectivity index (χ4v) is 2.28. The monoisotopic (exact) mass is 271 g/mol. The van der Waals surface area contributed by atoms with Crippen LogP contribution < -0.4 is 10.5 Å². The first-order valence-electron chi connectivity index (χ1n) is 7.04. The summed E-state index contributed by atoms with van der Waals surface area (Å²) in [6, 6.07) is 10.0. The quantitative estimate of drug-likeness (QED) is 0.877. The van der Waals surface area contributed by atoms with Gasteiger partial charge < -0.3 is 10.5 Å². The van der Waals surface area contributed by atoms with E-state index in [-0.39, 0.29) is 0 Å². The maximum atomic E-state index is 5.87. The van der Waals surface area contributed by atoms with Crippen LogP contribution in [0.15, 0.2) is 30.3 Å². The average molecular weight is 271 g/mol. The van der Waals surface area contributed by atoms with Gasteiger partial charge in [0.15, 0.2) is 0 Å². The SMILES string of the molecule is CCc1nnc(OCc2ccccc2)c(CN)c1CC. The smallest absolute Gasteiger partial charge is 0.238 e. The Morgan fingerprint density at radius 3 is 2.35 bits per heavy atom. The van der Waals surface area contributed by atoms with Crippen LogP contribution in [0, 0.1) is 0 Å². The summed E-state index contributed by atoms with van der Waals surface area (Å²) in [6.45, 7) is 5.09. The first-order chi connectivity index (χ1) is 9.80. The second-order valence-electron chi connectivity index (χ2n) is 4.59. The molecule has 1 heterocycles. The number of nitrogens with zero attached hydrogens (tertiary/aromatic N) is 2. The van der Waals surface area contributed by atoms with Crippen molar-refractivity contribution in [1.82, 2.24) is 10.2 Å². The molecule has 4 heteroatoms. The molecule has 106 valence electrons. The lowest BCUT2D eigenvalue weighted by molar-refractivity contribution is 0.285. The van der Waals surface area contributed by atoms with Gasteiger partial charge in [-0.1, -0.05) is 44.2 Å². The van der Waals surface area contributed by atoms with Gasteiger partial charge in [0.1, 0.15) is 6.61 Å². The fourth-order valence-electron chi connectivity index (χ4n) is 2.28. The Morgan fingerprint density at radius 1 is 1.00 bits per heavy atom. The van der Waals surface area contributed by atoms with Crippen LogP contribution in [0.25, 0.3) is 0 Å². The van der Waals surface area contributed by atoms with Crippen molar-refractivity contribution in [2.45, 2.75) is 39.8 Å². The lowest BCUT2D eigenvalue weighted by Gasteiger charge is -2.14. The van der Waals surface area contributed by atoms with Crippen molar-refractivity contribution >= 4 is 0 Å². The molecule has 4 nitrogen and oxygen atoms in total. The minimum absolute atomic E-state index is 0.426. The van der Waals surface area contributed by atoms with Crippen molar-refractivity contribution in [2.75, 3.05) is 0 Å². The highest BCUT2D eigenvalue weighted by molar-refractivity contribution is 5.37. The number of rotatable bonds is 6. The summed E-state index contributed by atoms with van der Waals surface area (Å²) < 4.78 is 5.80. The van der Waals surface area contributed by atoms with E-state index in [1.165, 1.54) is 5.56 Å². The van der Waals surface area contributed by atoms with Gasteiger partial charge in [0, 0.05) is 12.1 Å². The van der Waals surface area contributed by atoms with Gasteiger partial charge in [0.05, 0.1) is 5.69 Å². The van der Waals surface area contributed by atoms with E-state index < -0.39 is 0 Å². The third kappa shape index (κ3) is 3.14. The van der Waals surface area contributed by atoms with E-state index in [0.29, 0.717) is 19.0 Å². The summed E-state index contributed by atoms with van der Waals surface area (Å²) in [5.41, 5.74) is 10.1. The second kappa shape index (κ2) is 7.01. The van der Waals surface area contributed by atoms with Gasteiger partial charge >= 0.3 is 0 Å². The number of hydrogen-bond acceptors (Lipinski definition) is 4. The maximum absolute atomic E-state index is 5.87. The molecule has 0 radical (unpaired) electrons. The minimum Gasteiger partial charge on any atom is -0.471 e. The number of ether oxygens (including phenoxy) is 1. The average Bonchev–Trinajstić information content (AvgIpc) is 2.52. The molecule has 0 unspecified atom stereocenters. The molecule has 1 aromatic heterocycles. The van der Waals surface area contributed by atoms with Crippen LogP contribution in [0.3, 0.4) is 0 Å². The molecule has 20 heavy (non-hydrogen) atoms. The van der Waals surface area contributed by atoms with Gasteiger partial charge in [-0.25, -0.2) is 0 Å². The van der Waals surface area contributed by atoms with Gasteiger partial charge in [-0.3, -0.25) is 0 Å². The highest BCUT2D eigenvalue weighted by Crippen LogP contribution is 2.23. The standard InChI is InChI=1S/C16H21N3O/c1-3-13-14(10-17)16(19-18-15(13)4-2)20-11-12-8-6-5-7-9-12/h5-9H,3-4,10-11,17H2,1-2H3. The Morgan fingerprint density at radius 2 is 1.75 bits per heavy atom. The lowest BCUT2D eigenvalue weighted by Crippen LogP contribution is -2.12. The molecular formula is C16H21N3O. The van der Waals surface area contributed by atoms with Crippen LogP contribution in [0.5, 0.6) is 5.88 Å². The molecule has 0 saturated carbocycles. The molecule has 0 saturated heterocycles. The number of hydrogen-bond donors (Lipinski definition) is 1. The van der Waals surface area contributed by atoms with Crippen LogP contribution in [-0.4, -0.2) is 10.2 Å². The van der Waals surface area contributed by atoms with Crippen molar-refractivity contribution in [1.29, 1.82) is 0 Å². The van der Waals surface area contributed by atoms with E-state index in [1.807, 2.05) is 30.3 Å². The van der Waals surface area contributed by atoms with E-state index in [4.69, 9.17) is 10.5 Å². The highest BCUT2D eigenvalue weighted by Gasteiger charge is 2.14. The number of nitrogens with two attached hydrogens (primary N) is 1. The molecule has 0 bridgehead atoms. The predicted molar refractivity (Wildman–Crippen MR) is 79.5 cm³/mol. The van der Waals surface area contributed by atoms with Crippen molar-refractivity contribution < 1.29 is 4.74 Å². The number of benzene rings is 1. The van der Waals surface area contributed by atoms with Crippen LogP contribution in [-0.2, 0) is 26.0 Å². The van der Waals surface area contributed by atoms with E-state index in [1.54, 1.807) is 0 Å². The van der Waals surface area contributed by atoms with Gasteiger partial charge in [-0.05, 0) is 24.0 Å². The van der Waals surface area contributed by atoms with Gasteiger partial charge in [-0.15, -0.1) is 5.10 Å². The lowest BCUT2D eigenvalue weighted by atomic mass is 10.0. The Kier molecular flexibility index (Phi) is 5.07. The zero-order chi connectivity index (χ0) is 14.4. The van der Waals surface area contributed by atoms with Gasteiger partial charge in [0.25, 0.3) is 0 Å². The molecule has 2 rings (SSSR count). The zero-order valence-corrected chi connectivity index (χ0v) is 12.1. The van der Waals surface area contributed by atoms with Crippen LogP contribution in [0.4, 0.5) is 0 Å². The minimum atomic E-state index is 0.426. The molecule has 0 amide bonds. The van der Waals surface area contributed by atoms with Crippen molar-refractivity contribution in [3.05, 3.63) is 52.7 Å². The predicted octanol–water partition coefficient (Wildman–Crippen LogP) is 2.64. The Balaban J connectivity index is 2.23. The largest absolute Gasteiger partial charge is 0.471 e. The summed E-state index contributed by atoms with van der Waals surface area (Å²) in [4.78, 5) is 0. The normalized spacial score (nSPS) is 10.6. The summed E-state index contributed by atoms with van der Waals surface area (Å²) in [6.07, 6.45) is 1.76. The highest BCUT2D eigenvalue weighted by atomic mass is 16.5.